The highest BCUT2D eigenvalue weighted by Crippen LogP contribution is 2.13. The lowest BCUT2D eigenvalue weighted by Crippen LogP contribution is -2.17. The second-order valence-electron chi connectivity index (χ2n) is 3.56. The van der Waals surface area contributed by atoms with Crippen LogP contribution in [0.1, 0.15) is 25.5 Å². The summed E-state index contributed by atoms with van der Waals surface area (Å²) in [5.74, 6) is 0.577. The van der Waals surface area contributed by atoms with Gasteiger partial charge >= 0.3 is 0 Å². The van der Waals surface area contributed by atoms with Crippen LogP contribution in [-0.4, -0.2) is 11.5 Å². The van der Waals surface area contributed by atoms with Gasteiger partial charge in [0, 0.05) is 16.4 Å². The second-order valence-corrected chi connectivity index (χ2v) is 4.48. The number of aromatic nitrogens is 1. The highest BCUT2D eigenvalue weighted by molar-refractivity contribution is 9.10. The first kappa shape index (κ1) is 11.7. The monoisotopic (exact) mass is 256 g/mol. The second kappa shape index (κ2) is 6.14. The van der Waals surface area contributed by atoms with E-state index in [0.29, 0.717) is 5.92 Å². The minimum Gasteiger partial charge on any atom is -0.330 e. The first-order valence-corrected chi connectivity index (χ1v) is 5.86. The third-order valence-corrected chi connectivity index (χ3v) is 2.79. The van der Waals surface area contributed by atoms with E-state index in [-0.39, 0.29) is 0 Å². The maximum Gasteiger partial charge on any atom is 0.0413 e. The molecule has 0 bridgehead atoms. The third kappa shape index (κ3) is 3.76. The van der Waals surface area contributed by atoms with Crippen molar-refractivity contribution in [2.75, 3.05) is 6.54 Å². The molecule has 0 radical (unpaired) electrons. The molecule has 1 atom stereocenters. The molecule has 0 saturated heterocycles. The van der Waals surface area contributed by atoms with Gasteiger partial charge in [0.2, 0.25) is 0 Å². The molecule has 0 aliphatic rings. The lowest BCUT2D eigenvalue weighted by molar-refractivity contribution is 0.482. The molecular formula is C11H17BrN2. The van der Waals surface area contributed by atoms with Crippen LogP contribution in [0.25, 0.3) is 0 Å². The van der Waals surface area contributed by atoms with Crippen molar-refractivity contribution >= 4 is 15.9 Å². The van der Waals surface area contributed by atoms with E-state index in [1.165, 1.54) is 12.8 Å². The van der Waals surface area contributed by atoms with Gasteiger partial charge in [-0.2, -0.15) is 0 Å². The van der Waals surface area contributed by atoms with Crippen LogP contribution in [0.4, 0.5) is 0 Å². The molecule has 78 valence electrons. The van der Waals surface area contributed by atoms with E-state index in [9.17, 15) is 0 Å². The molecule has 1 aromatic rings. The lowest BCUT2D eigenvalue weighted by Gasteiger charge is -2.12. The van der Waals surface area contributed by atoms with Crippen LogP contribution >= 0.6 is 15.9 Å². The fourth-order valence-corrected chi connectivity index (χ4v) is 1.77. The van der Waals surface area contributed by atoms with Crippen molar-refractivity contribution < 1.29 is 0 Å². The van der Waals surface area contributed by atoms with Crippen molar-refractivity contribution in [3.8, 4) is 0 Å². The van der Waals surface area contributed by atoms with E-state index in [1.54, 1.807) is 0 Å². The molecule has 1 heterocycles. The third-order valence-electron chi connectivity index (χ3n) is 2.32. The molecule has 0 amide bonds. The van der Waals surface area contributed by atoms with Gasteiger partial charge in [0.15, 0.2) is 0 Å². The van der Waals surface area contributed by atoms with Gasteiger partial charge in [-0.1, -0.05) is 13.3 Å². The summed E-state index contributed by atoms with van der Waals surface area (Å²) in [5, 5.41) is 0. The number of nitrogens with zero attached hydrogens (tertiary/aromatic N) is 1. The van der Waals surface area contributed by atoms with E-state index < -0.39 is 0 Å². The number of rotatable bonds is 5. The van der Waals surface area contributed by atoms with Gasteiger partial charge in [-0.15, -0.1) is 0 Å². The van der Waals surface area contributed by atoms with Crippen molar-refractivity contribution in [2.45, 2.75) is 26.2 Å². The van der Waals surface area contributed by atoms with Crippen molar-refractivity contribution in [2.24, 2.45) is 11.7 Å². The van der Waals surface area contributed by atoms with Crippen LogP contribution in [0.15, 0.2) is 22.8 Å². The summed E-state index contributed by atoms with van der Waals surface area (Å²) < 4.78 is 1.03. The van der Waals surface area contributed by atoms with Gasteiger partial charge < -0.3 is 5.73 Å². The Kier molecular flexibility index (Phi) is 5.12. The molecule has 1 unspecified atom stereocenters. The number of nitrogens with two attached hydrogens (primary N) is 1. The summed E-state index contributed by atoms with van der Waals surface area (Å²) in [7, 11) is 0. The molecule has 0 saturated carbocycles. The van der Waals surface area contributed by atoms with E-state index in [2.05, 4.69) is 33.9 Å². The molecule has 0 aliphatic carbocycles. The van der Waals surface area contributed by atoms with Crippen molar-refractivity contribution in [1.82, 2.24) is 4.98 Å². The van der Waals surface area contributed by atoms with Crippen LogP contribution in [0.2, 0.25) is 0 Å². The van der Waals surface area contributed by atoms with Crippen LogP contribution in [0.5, 0.6) is 0 Å². The fourth-order valence-electron chi connectivity index (χ4n) is 1.53. The largest absolute Gasteiger partial charge is 0.330 e. The Bertz CT molecular complexity index is 258. The van der Waals surface area contributed by atoms with Crippen molar-refractivity contribution in [1.29, 1.82) is 0 Å². The van der Waals surface area contributed by atoms with E-state index in [1.807, 2.05) is 12.3 Å². The molecule has 2 N–H and O–H groups in total. The van der Waals surface area contributed by atoms with Gasteiger partial charge in [0.25, 0.3) is 0 Å². The molecule has 3 heteroatoms. The van der Waals surface area contributed by atoms with Crippen LogP contribution in [-0.2, 0) is 6.42 Å². The first-order chi connectivity index (χ1) is 6.76. The van der Waals surface area contributed by atoms with Gasteiger partial charge in [0.1, 0.15) is 0 Å². The molecule has 0 aliphatic heterocycles. The van der Waals surface area contributed by atoms with Crippen molar-refractivity contribution in [3.05, 3.63) is 28.5 Å². The minimum atomic E-state index is 0.577. The summed E-state index contributed by atoms with van der Waals surface area (Å²) >= 11 is 3.37. The minimum absolute atomic E-state index is 0.577. The SMILES string of the molecule is CCCC(CN)Cc1ccc(Br)cn1. The van der Waals surface area contributed by atoms with E-state index >= 15 is 0 Å². The Morgan fingerprint density at radius 2 is 2.29 bits per heavy atom. The molecular weight excluding hydrogens is 240 g/mol. The van der Waals surface area contributed by atoms with Crippen LogP contribution in [0.3, 0.4) is 0 Å². The Labute approximate surface area is 94.0 Å². The number of hydrogen-bond donors (Lipinski definition) is 1. The average Bonchev–Trinajstić information content (AvgIpc) is 2.20. The lowest BCUT2D eigenvalue weighted by atomic mass is 9.98. The number of pyridine rings is 1. The quantitative estimate of drug-likeness (QED) is 0.880. The summed E-state index contributed by atoms with van der Waals surface area (Å²) in [6.45, 7) is 2.95. The highest BCUT2D eigenvalue weighted by Gasteiger charge is 2.07. The molecule has 0 aromatic carbocycles. The average molecular weight is 257 g/mol. The predicted octanol–water partition coefficient (Wildman–Crippen LogP) is 2.76. The summed E-state index contributed by atoms with van der Waals surface area (Å²) in [5.41, 5.74) is 6.84. The molecule has 0 fully saturated rings. The standard InChI is InChI=1S/C11H17BrN2/c1-2-3-9(7-13)6-11-5-4-10(12)8-14-11/h4-5,8-9H,2-3,6-7,13H2,1H3. The van der Waals surface area contributed by atoms with Crippen molar-refractivity contribution in [3.63, 3.8) is 0 Å². The van der Waals surface area contributed by atoms with Crippen LogP contribution in [0, 0.1) is 5.92 Å². The van der Waals surface area contributed by atoms with E-state index in [0.717, 1.165) is 23.1 Å². The molecule has 0 spiro atoms. The maximum atomic E-state index is 5.70. The summed E-state index contributed by atoms with van der Waals surface area (Å²) in [4.78, 5) is 4.35. The van der Waals surface area contributed by atoms with Gasteiger partial charge in [-0.3, -0.25) is 4.98 Å². The Balaban J connectivity index is 2.53. The predicted molar refractivity (Wildman–Crippen MR) is 63.1 cm³/mol. The zero-order chi connectivity index (χ0) is 10.4. The Morgan fingerprint density at radius 3 is 2.79 bits per heavy atom. The number of halogens is 1. The van der Waals surface area contributed by atoms with Gasteiger partial charge in [-0.25, -0.2) is 0 Å². The molecule has 1 rings (SSSR count). The zero-order valence-electron chi connectivity index (χ0n) is 8.54. The Morgan fingerprint density at radius 1 is 1.50 bits per heavy atom. The summed E-state index contributed by atoms with van der Waals surface area (Å²) in [6.07, 6.45) is 5.22. The highest BCUT2D eigenvalue weighted by atomic mass is 79.9. The topological polar surface area (TPSA) is 38.9 Å². The van der Waals surface area contributed by atoms with Gasteiger partial charge in [0.05, 0.1) is 0 Å². The Hall–Kier alpha value is -0.410. The summed E-state index contributed by atoms with van der Waals surface area (Å²) in [6, 6.07) is 4.09. The van der Waals surface area contributed by atoms with E-state index in [4.69, 9.17) is 5.73 Å². The van der Waals surface area contributed by atoms with Crippen LogP contribution < -0.4 is 5.73 Å². The molecule has 2 nitrogen and oxygen atoms in total. The molecule has 1 aromatic heterocycles. The zero-order valence-corrected chi connectivity index (χ0v) is 10.1. The fraction of sp³-hybridized carbons (Fsp3) is 0.545. The smallest absolute Gasteiger partial charge is 0.0413 e. The first-order valence-electron chi connectivity index (χ1n) is 5.06. The maximum absolute atomic E-state index is 5.70. The number of hydrogen-bond acceptors (Lipinski definition) is 2. The molecule has 14 heavy (non-hydrogen) atoms. The van der Waals surface area contributed by atoms with Gasteiger partial charge in [-0.05, 0) is 53.4 Å². The normalized spacial score (nSPS) is 12.8.